The Hall–Kier alpha value is -1.93. The molecule has 1 aliphatic heterocycles. The predicted molar refractivity (Wildman–Crippen MR) is 107 cm³/mol. The normalized spacial score (nSPS) is 18.3. The molecular weight excluding hydrogens is 402 g/mol. The van der Waals surface area contributed by atoms with E-state index in [1.807, 2.05) is 0 Å². The molecule has 152 valence electrons. The number of amides is 1. The Bertz CT molecular complexity index is 988. The van der Waals surface area contributed by atoms with Crippen LogP contribution >= 0.6 is 11.6 Å². The minimum Gasteiger partial charge on any atom is -0.444 e. The maximum atomic E-state index is 12.9. The van der Waals surface area contributed by atoms with Crippen LogP contribution in [0.5, 0.6) is 0 Å². The van der Waals surface area contributed by atoms with Gasteiger partial charge in [0.15, 0.2) is 20.0 Å². The number of para-hydroxylation sites is 2. The van der Waals surface area contributed by atoms with E-state index in [4.69, 9.17) is 16.3 Å². The van der Waals surface area contributed by atoms with E-state index in [-0.39, 0.29) is 21.8 Å². The van der Waals surface area contributed by atoms with Gasteiger partial charge < -0.3 is 9.64 Å². The van der Waals surface area contributed by atoms with Crippen molar-refractivity contribution in [3.05, 3.63) is 29.4 Å². The van der Waals surface area contributed by atoms with Crippen molar-refractivity contribution < 1.29 is 17.9 Å². The second-order valence-electron chi connectivity index (χ2n) is 8.02. The molecular formula is C19H24ClN3O4S. The molecule has 7 nitrogen and oxygen atoms in total. The van der Waals surface area contributed by atoms with Gasteiger partial charge in [-0.1, -0.05) is 23.7 Å². The average Bonchev–Trinajstić information content (AvgIpc) is 2.59. The molecule has 0 unspecified atom stereocenters. The summed E-state index contributed by atoms with van der Waals surface area (Å²) in [6, 6.07) is 6.98. The molecule has 3 rings (SSSR count). The standard InChI is InChI=1S/C19H24ClN3O4S/c1-19(2,3)27-18(24)23-10-6-7-13(11-23)12-28(25,26)17-16(20)21-14-8-4-5-9-15(14)22-17/h4-5,8-9,13H,6-7,10-12H2,1-3H3/t13-/m1/s1. The van der Waals surface area contributed by atoms with E-state index < -0.39 is 21.5 Å². The first-order chi connectivity index (χ1) is 13.0. The minimum absolute atomic E-state index is 0.126. The molecule has 0 bridgehead atoms. The summed E-state index contributed by atoms with van der Waals surface area (Å²) in [4.78, 5) is 22.3. The first-order valence-corrected chi connectivity index (χ1v) is 11.2. The molecule has 1 aliphatic rings. The van der Waals surface area contributed by atoms with Gasteiger partial charge in [0.05, 0.1) is 16.8 Å². The first-order valence-electron chi connectivity index (χ1n) is 9.18. The molecule has 2 aromatic rings. The van der Waals surface area contributed by atoms with Crippen molar-refractivity contribution in [3.8, 4) is 0 Å². The number of hydrogen-bond acceptors (Lipinski definition) is 6. The average molecular weight is 426 g/mol. The smallest absolute Gasteiger partial charge is 0.410 e. The molecule has 0 spiro atoms. The summed E-state index contributed by atoms with van der Waals surface area (Å²) in [7, 11) is -3.75. The van der Waals surface area contributed by atoms with Gasteiger partial charge in [-0.05, 0) is 51.7 Å². The number of ether oxygens (including phenoxy) is 1. The number of hydrogen-bond donors (Lipinski definition) is 0. The lowest BCUT2D eigenvalue weighted by Gasteiger charge is -2.34. The number of halogens is 1. The van der Waals surface area contributed by atoms with Gasteiger partial charge in [0.1, 0.15) is 5.60 Å². The molecule has 1 atom stereocenters. The molecule has 1 saturated heterocycles. The lowest BCUT2D eigenvalue weighted by Crippen LogP contribution is -2.44. The van der Waals surface area contributed by atoms with Crippen LogP contribution in [0, 0.1) is 5.92 Å². The van der Waals surface area contributed by atoms with E-state index in [9.17, 15) is 13.2 Å². The lowest BCUT2D eigenvalue weighted by atomic mass is 10.0. The number of rotatable bonds is 3. The Morgan fingerprint density at radius 3 is 2.54 bits per heavy atom. The Kier molecular flexibility index (Phi) is 5.82. The van der Waals surface area contributed by atoms with Crippen LogP contribution in [-0.2, 0) is 14.6 Å². The highest BCUT2D eigenvalue weighted by Crippen LogP contribution is 2.26. The van der Waals surface area contributed by atoms with Gasteiger partial charge in [-0.25, -0.2) is 23.2 Å². The summed E-state index contributed by atoms with van der Waals surface area (Å²) in [5.41, 5.74) is 0.425. The highest BCUT2D eigenvalue weighted by atomic mass is 35.5. The highest BCUT2D eigenvalue weighted by Gasteiger charge is 2.32. The van der Waals surface area contributed by atoms with Crippen molar-refractivity contribution in [2.24, 2.45) is 5.92 Å². The molecule has 2 heterocycles. The largest absolute Gasteiger partial charge is 0.444 e. The number of benzene rings is 1. The zero-order valence-corrected chi connectivity index (χ0v) is 17.8. The number of nitrogens with zero attached hydrogens (tertiary/aromatic N) is 3. The molecule has 9 heteroatoms. The number of sulfone groups is 1. The van der Waals surface area contributed by atoms with Gasteiger partial charge in [-0.15, -0.1) is 0 Å². The maximum absolute atomic E-state index is 12.9. The summed E-state index contributed by atoms with van der Waals surface area (Å²) >= 11 is 6.12. The fraction of sp³-hybridized carbons (Fsp3) is 0.526. The molecule has 0 aliphatic carbocycles. The fourth-order valence-electron chi connectivity index (χ4n) is 3.24. The van der Waals surface area contributed by atoms with Crippen LogP contribution < -0.4 is 0 Å². The molecule has 1 fully saturated rings. The van der Waals surface area contributed by atoms with Crippen LogP contribution in [0.15, 0.2) is 29.3 Å². The third-order valence-corrected chi connectivity index (χ3v) is 6.58. The number of aromatic nitrogens is 2. The van der Waals surface area contributed by atoms with Crippen LogP contribution in [0.4, 0.5) is 4.79 Å². The van der Waals surface area contributed by atoms with Gasteiger partial charge in [-0.3, -0.25) is 0 Å². The number of carbonyl (C=O) groups excluding carboxylic acids is 1. The molecule has 1 aromatic heterocycles. The van der Waals surface area contributed by atoms with Crippen LogP contribution in [0.2, 0.25) is 5.15 Å². The predicted octanol–water partition coefficient (Wildman–Crippen LogP) is 3.70. The van der Waals surface area contributed by atoms with Gasteiger partial charge in [0.2, 0.25) is 0 Å². The molecule has 1 aromatic carbocycles. The molecule has 0 N–H and O–H groups in total. The van der Waals surface area contributed by atoms with E-state index in [1.165, 1.54) is 0 Å². The summed E-state index contributed by atoms with van der Waals surface area (Å²) in [5, 5.41) is -0.333. The monoisotopic (exact) mass is 425 g/mol. The summed E-state index contributed by atoms with van der Waals surface area (Å²) < 4.78 is 31.3. The summed E-state index contributed by atoms with van der Waals surface area (Å²) in [6.07, 6.45) is 1.01. The van der Waals surface area contributed by atoms with Crippen molar-refractivity contribution in [2.45, 2.75) is 44.2 Å². The van der Waals surface area contributed by atoms with Crippen molar-refractivity contribution >= 4 is 38.6 Å². The van der Waals surface area contributed by atoms with Gasteiger partial charge in [0.25, 0.3) is 0 Å². The van der Waals surface area contributed by atoms with E-state index >= 15 is 0 Å². The highest BCUT2D eigenvalue weighted by molar-refractivity contribution is 7.91. The number of likely N-dealkylation sites (tertiary alicyclic amines) is 1. The second-order valence-corrected chi connectivity index (χ2v) is 10.3. The Morgan fingerprint density at radius 2 is 1.89 bits per heavy atom. The minimum atomic E-state index is -3.75. The Labute approximate surface area is 170 Å². The molecule has 0 radical (unpaired) electrons. The molecule has 28 heavy (non-hydrogen) atoms. The van der Waals surface area contributed by atoms with E-state index in [1.54, 1.807) is 49.9 Å². The second kappa shape index (κ2) is 7.83. The Morgan fingerprint density at radius 1 is 1.25 bits per heavy atom. The van der Waals surface area contributed by atoms with Crippen LogP contribution in [-0.4, -0.2) is 53.8 Å². The van der Waals surface area contributed by atoms with Crippen molar-refractivity contribution in [2.75, 3.05) is 18.8 Å². The van der Waals surface area contributed by atoms with Crippen molar-refractivity contribution in [3.63, 3.8) is 0 Å². The zero-order chi connectivity index (χ0) is 20.5. The first kappa shape index (κ1) is 20.8. The maximum Gasteiger partial charge on any atom is 0.410 e. The molecule has 0 saturated carbocycles. The SMILES string of the molecule is CC(C)(C)OC(=O)N1CCC[C@@H](CS(=O)(=O)c2nc3ccccc3nc2Cl)C1. The van der Waals surface area contributed by atoms with E-state index in [0.29, 0.717) is 30.5 Å². The third-order valence-electron chi connectivity index (χ3n) is 4.42. The van der Waals surface area contributed by atoms with E-state index in [0.717, 1.165) is 6.42 Å². The lowest BCUT2D eigenvalue weighted by molar-refractivity contribution is 0.0176. The van der Waals surface area contributed by atoms with Crippen LogP contribution in [0.1, 0.15) is 33.6 Å². The van der Waals surface area contributed by atoms with Crippen molar-refractivity contribution in [1.82, 2.24) is 14.9 Å². The number of carbonyl (C=O) groups is 1. The van der Waals surface area contributed by atoms with Crippen molar-refractivity contribution in [1.29, 1.82) is 0 Å². The summed E-state index contributed by atoms with van der Waals surface area (Å²) in [5.74, 6) is -0.352. The Balaban J connectivity index is 1.77. The van der Waals surface area contributed by atoms with Crippen LogP contribution in [0.25, 0.3) is 11.0 Å². The van der Waals surface area contributed by atoms with Gasteiger partial charge >= 0.3 is 6.09 Å². The van der Waals surface area contributed by atoms with Crippen LogP contribution in [0.3, 0.4) is 0 Å². The third kappa shape index (κ3) is 4.91. The zero-order valence-electron chi connectivity index (χ0n) is 16.2. The van der Waals surface area contributed by atoms with Gasteiger partial charge in [0, 0.05) is 13.1 Å². The van der Waals surface area contributed by atoms with E-state index in [2.05, 4.69) is 9.97 Å². The number of piperidine rings is 1. The fourth-order valence-corrected chi connectivity index (χ4v) is 5.32. The summed E-state index contributed by atoms with van der Waals surface area (Å²) in [6.45, 7) is 6.29. The molecule has 1 amide bonds. The topological polar surface area (TPSA) is 89.5 Å². The van der Waals surface area contributed by atoms with Gasteiger partial charge in [-0.2, -0.15) is 0 Å². The quantitative estimate of drug-likeness (QED) is 0.744. The number of fused-ring (bicyclic) bond motifs is 1.